The normalized spacial score (nSPS) is 21.9. The first-order valence-electron chi connectivity index (χ1n) is 9.67. The Labute approximate surface area is 170 Å². The van der Waals surface area contributed by atoms with Gasteiger partial charge in [-0.2, -0.15) is 0 Å². The zero-order chi connectivity index (χ0) is 19.7. The number of nitrogens with zero attached hydrogens (tertiary/aromatic N) is 2. The van der Waals surface area contributed by atoms with Crippen molar-refractivity contribution in [3.63, 3.8) is 0 Å². The van der Waals surface area contributed by atoms with Gasteiger partial charge in [0.05, 0.1) is 13.2 Å². The van der Waals surface area contributed by atoms with E-state index < -0.39 is 5.54 Å². The minimum Gasteiger partial charge on any atom is -0.380 e. The number of nitrogens with two attached hydrogens (primary N) is 1. The van der Waals surface area contributed by atoms with Gasteiger partial charge in [-0.05, 0) is 60.6 Å². The molecule has 146 valence electrons. The fourth-order valence-electron chi connectivity index (χ4n) is 3.91. The summed E-state index contributed by atoms with van der Waals surface area (Å²) < 4.78 is 5.41. The Morgan fingerprint density at radius 2 is 1.93 bits per heavy atom. The second-order valence-corrected chi connectivity index (χ2v) is 7.69. The van der Waals surface area contributed by atoms with Gasteiger partial charge in [-0.15, -0.1) is 0 Å². The molecule has 1 saturated carbocycles. The van der Waals surface area contributed by atoms with E-state index in [-0.39, 0.29) is 17.8 Å². The molecule has 4 rings (SSSR count). The van der Waals surface area contributed by atoms with Gasteiger partial charge in [0.1, 0.15) is 0 Å². The van der Waals surface area contributed by atoms with Gasteiger partial charge in [0, 0.05) is 11.6 Å². The Kier molecular flexibility index (Phi) is 5.13. The number of aliphatic imine (C=N–C) groups is 1. The Balaban J connectivity index is 1.72. The van der Waals surface area contributed by atoms with Crippen LogP contribution in [0.2, 0.25) is 5.02 Å². The van der Waals surface area contributed by atoms with Crippen molar-refractivity contribution < 1.29 is 9.53 Å². The molecule has 1 fully saturated rings. The summed E-state index contributed by atoms with van der Waals surface area (Å²) in [6.45, 7) is 3.40. The van der Waals surface area contributed by atoms with Crippen molar-refractivity contribution in [3.05, 3.63) is 59.1 Å². The quantitative estimate of drug-likeness (QED) is 0.722. The Morgan fingerprint density at radius 1 is 1.21 bits per heavy atom. The molecule has 1 atom stereocenters. The van der Waals surface area contributed by atoms with Gasteiger partial charge in [0.2, 0.25) is 0 Å². The van der Waals surface area contributed by atoms with Gasteiger partial charge >= 0.3 is 0 Å². The summed E-state index contributed by atoms with van der Waals surface area (Å²) in [7, 11) is 0. The molecular weight excluding hydrogens is 374 g/mol. The summed E-state index contributed by atoms with van der Waals surface area (Å²) in [5.41, 5.74) is 8.16. The van der Waals surface area contributed by atoms with E-state index in [9.17, 15) is 4.79 Å². The molecule has 1 heterocycles. The van der Waals surface area contributed by atoms with Crippen molar-refractivity contribution in [2.75, 3.05) is 19.8 Å². The van der Waals surface area contributed by atoms with Crippen LogP contribution in [0.4, 0.5) is 0 Å². The van der Waals surface area contributed by atoms with Crippen molar-refractivity contribution in [2.24, 2.45) is 16.6 Å². The number of amides is 1. The third-order valence-corrected chi connectivity index (χ3v) is 5.67. The zero-order valence-electron chi connectivity index (χ0n) is 15.9. The Morgan fingerprint density at radius 3 is 2.61 bits per heavy atom. The molecule has 0 saturated heterocycles. The average molecular weight is 398 g/mol. The van der Waals surface area contributed by atoms with Crippen LogP contribution in [0.5, 0.6) is 0 Å². The van der Waals surface area contributed by atoms with Crippen LogP contribution in [0.1, 0.15) is 25.3 Å². The highest BCUT2D eigenvalue weighted by molar-refractivity contribution is 6.30. The topological polar surface area (TPSA) is 67.9 Å². The number of hydrogen-bond acceptors (Lipinski definition) is 4. The summed E-state index contributed by atoms with van der Waals surface area (Å²) in [6, 6.07) is 15.7. The smallest absolute Gasteiger partial charge is 0.262 e. The van der Waals surface area contributed by atoms with Crippen LogP contribution in [0, 0.1) is 5.92 Å². The lowest BCUT2D eigenvalue weighted by Crippen LogP contribution is -2.45. The maximum atomic E-state index is 13.5. The number of halogens is 1. The van der Waals surface area contributed by atoms with Gasteiger partial charge in [-0.3, -0.25) is 9.69 Å². The molecule has 0 spiro atoms. The molecule has 2 aromatic carbocycles. The Hall–Kier alpha value is -2.37. The van der Waals surface area contributed by atoms with Crippen molar-refractivity contribution in [2.45, 2.75) is 25.3 Å². The molecule has 1 amide bonds. The minimum absolute atomic E-state index is 0.0459. The van der Waals surface area contributed by atoms with Gasteiger partial charge in [-0.1, -0.05) is 41.9 Å². The lowest BCUT2D eigenvalue weighted by molar-refractivity contribution is -0.132. The first-order chi connectivity index (χ1) is 13.6. The van der Waals surface area contributed by atoms with Crippen LogP contribution in [0.15, 0.2) is 53.5 Å². The van der Waals surface area contributed by atoms with Gasteiger partial charge in [0.15, 0.2) is 11.5 Å². The third kappa shape index (κ3) is 3.29. The lowest BCUT2D eigenvalue weighted by atomic mass is 9.83. The molecule has 1 unspecified atom stereocenters. The average Bonchev–Trinajstić information content (AvgIpc) is 3.51. The van der Waals surface area contributed by atoms with Gasteiger partial charge in [-0.25, -0.2) is 4.99 Å². The van der Waals surface area contributed by atoms with E-state index in [1.54, 1.807) is 4.90 Å². The first-order valence-corrected chi connectivity index (χ1v) is 10.1. The molecule has 6 heteroatoms. The molecule has 2 N–H and O–H groups in total. The van der Waals surface area contributed by atoms with E-state index in [0.29, 0.717) is 24.8 Å². The SMILES string of the molecule is CCOCCN1C(=O)C(c2cccc(-c3cccc(Cl)c3)c2)(C2CC2)N=C1N. The molecule has 0 bridgehead atoms. The van der Waals surface area contributed by atoms with E-state index in [1.807, 2.05) is 55.5 Å². The zero-order valence-corrected chi connectivity index (χ0v) is 16.7. The van der Waals surface area contributed by atoms with E-state index in [4.69, 9.17) is 27.1 Å². The van der Waals surface area contributed by atoms with Crippen LogP contribution >= 0.6 is 11.6 Å². The lowest BCUT2D eigenvalue weighted by Gasteiger charge is -2.27. The summed E-state index contributed by atoms with van der Waals surface area (Å²) in [5, 5.41) is 0.682. The predicted octanol–water partition coefficient (Wildman–Crippen LogP) is 3.81. The molecule has 1 aliphatic heterocycles. The molecular formula is C22H24ClN3O2. The van der Waals surface area contributed by atoms with Crippen molar-refractivity contribution in [1.82, 2.24) is 4.90 Å². The van der Waals surface area contributed by atoms with Crippen LogP contribution < -0.4 is 5.73 Å². The fraction of sp³-hybridized carbons (Fsp3) is 0.364. The second-order valence-electron chi connectivity index (χ2n) is 7.26. The highest BCUT2D eigenvalue weighted by Gasteiger charge is 2.57. The predicted molar refractivity (Wildman–Crippen MR) is 111 cm³/mol. The van der Waals surface area contributed by atoms with Crippen LogP contribution in [-0.4, -0.2) is 36.5 Å². The van der Waals surface area contributed by atoms with E-state index in [2.05, 4.69) is 0 Å². The molecule has 0 aromatic heterocycles. The molecule has 2 aliphatic rings. The minimum atomic E-state index is -0.926. The molecule has 2 aromatic rings. The van der Waals surface area contributed by atoms with E-state index in [0.717, 1.165) is 29.5 Å². The van der Waals surface area contributed by atoms with Gasteiger partial charge < -0.3 is 10.5 Å². The van der Waals surface area contributed by atoms with Crippen molar-refractivity contribution in [1.29, 1.82) is 0 Å². The number of rotatable bonds is 7. The van der Waals surface area contributed by atoms with Crippen LogP contribution in [-0.2, 0) is 15.1 Å². The number of carbonyl (C=O) groups excluding carboxylic acids is 1. The first kappa shape index (κ1) is 19.0. The van der Waals surface area contributed by atoms with Crippen molar-refractivity contribution in [3.8, 4) is 11.1 Å². The third-order valence-electron chi connectivity index (χ3n) is 5.43. The van der Waals surface area contributed by atoms with Gasteiger partial charge in [0.25, 0.3) is 5.91 Å². The number of carbonyl (C=O) groups is 1. The Bertz CT molecular complexity index is 926. The number of guanidine groups is 1. The summed E-state index contributed by atoms with van der Waals surface area (Å²) >= 11 is 6.16. The molecule has 0 radical (unpaired) electrons. The highest BCUT2D eigenvalue weighted by Crippen LogP contribution is 2.52. The highest BCUT2D eigenvalue weighted by atomic mass is 35.5. The summed E-state index contributed by atoms with van der Waals surface area (Å²) in [6.07, 6.45) is 1.95. The fourth-order valence-corrected chi connectivity index (χ4v) is 4.10. The molecule has 5 nitrogen and oxygen atoms in total. The number of hydrogen-bond donors (Lipinski definition) is 1. The standard InChI is InChI=1S/C22H24ClN3O2/c1-2-28-12-11-26-20(27)22(17-9-10-17,25-21(26)24)18-7-3-5-15(13-18)16-6-4-8-19(23)14-16/h3-8,13-14,17H,2,9-12H2,1H3,(H2,24,25). The van der Waals surface area contributed by atoms with E-state index >= 15 is 0 Å². The molecule has 28 heavy (non-hydrogen) atoms. The molecule has 1 aliphatic carbocycles. The number of ether oxygens (including phenoxy) is 1. The summed E-state index contributed by atoms with van der Waals surface area (Å²) in [4.78, 5) is 19.8. The summed E-state index contributed by atoms with van der Waals surface area (Å²) in [5.74, 6) is 0.422. The van der Waals surface area contributed by atoms with Crippen molar-refractivity contribution >= 4 is 23.5 Å². The number of benzene rings is 2. The van der Waals surface area contributed by atoms with E-state index in [1.165, 1.54) is 0 Å². The monoisotopic (exact) mass is 397 g/mol. The largest absolute Gasteiger partial charge is 0.380 e. The van der Waals surface area contributed by atoms with Crippen LogP contribution in [0.25, 0.3) is 11.1 Å². The maximum absolute atomic E-state index is 13.5. The maximum Gasteiger partial charge on any atom is 0.262 e. The van der Waals surface area contributed by atoms with Crippen LogP contribution in [0.3, 0.4) is 0 Å². The second kappa shape index (κ2) is 7.57.